The van der Waals surface area contributed by atoms with Crippen LogP contribution in [0.25, 0.3) is 0 Å². The SMILES string of the molecule is CC1CCN(C(=O)CCNC(=O)c2ccsc2)CC1O. The maximum absolute atomic E-state index is 12.0. The molecule has 0 aliphatic carbocycles. The monoisotopic (exact) mass is 296 g/mol. The third-order valence-electron chi connectivity index (χ3n) is 3.68. The van der Waals surface area contributed by atoms with Gasteiger partial charge >= 0.3 is 0 Å². The lowest BCUT2D eigenvalue weighted by Crippen LogP contribution is -2.46. The van der Waals surface area contributed by atoms with Crippen molar-refractivity contribution in [3.63, 3.8) is 0 Å². The van der Waals surface area contributed by atoms with Crippen molar-refractivity contribution in [1.82, 2.24) is 10.2 Å². The first kappa shape index (κ1) is 15.0. The first-order valence-corrected chi connectivity index (χ1v) is 7.78. The van der Waals surface area contributed by atoms with Crippen LogP contribution < -0.4 is 5.32 Å². The van der Waals surface area contributed by atoms with Crippen LogP contribution >= 0.6 is 11.3 Å². The van der Waals surface area contributed by atoms with Crippen LogP contribution in [0.3, 0.4) is 0 Å². The van der Waals surface area contributed by atoms with Crippen molar-refractivity contribution >= 4 is 23.2 Å². The van der Waals surface area contributed by atoms with Gasteiger partial charge in [-0.3, -0.25) is 9.59 Å². The van der Waals surface area contributed by atoms with Crippen LogP contribution in [0.2, 0.25) is 0 Å². The van der Waals surface area contributed by atoms with Gasteiger partial charge in [0, 0.05) is 37.0 Å². The van der Waals surface area contributed by atoms with Gasteiger partial charge in [-0.1, -0.05) is 6.92 Å². The highest BCUT2D eigenvalue weighted by Crippen LogP contribution is 2.17. The second-order valence-electron chi connectivity index (χ2n) is 5.19. The lowest BCUT2D eigenvalue weighted by molar-refractivity contribution is -0.135. The molecule has 1 aliphatic heterocycles. The number of hydrogen-bond donors (Lipinski definition) is 2. The van der Waals surface area contributed by atoms with Crippen LogP contribution in [0.4, 0.5) is 0 Å². The fourth-order valence-electron chi connectivity index (χ4n) is 2.21. The minimum Gasteiger partial charge on any atom is -0.391 e. The Hall–Kier alpha value is -1.40. The number of thiophene rings is 1. The third kappa shape index (κ3) is 3.80. The van der Waals surface area contributed by atoms with E-state index in [0.29, 0.717) is 25.2 Å². The van der Waals surface area contributed by atoms with Crippen LogP contribution in [0, 0.1) is 5.92 Å². The second-order valence-corrected chi connectivity index (χ2v) is 5.97. The Balaban J connectivity index is 1.71. The quantitative estimate of drug-likeness (QED) is 0.874. The van der Waals surface area contributed by atoms with Crippen molar-refractivity contribution in [3.8, 4) is 0 Å². The topological polar surface area (TPSA) is 69.6 Å². The molecule has 2 atom stereocenters. The van der Waals surface area contributed by atoms with Gasteiger partial charge in [0.15, 0.2) is 0 Å². The molecule has 1 aromatic rings. The molecule has 2 unspecified atom stereocenters. The number of piperidine rings is 1. The highest BCUT2D eigenvalue weighted by atomic mass is 32.1. The molecule has 5 nitrogen and oxygen atoms in total. The highest BCUT2D eigenvalue weighted by Gasteiger charge is 2.26. The zero-order chi connectivity index (χ0) is 14.5. The van der Waals surface area contributed by atoms with Crippen LogP contribution in [0.15, 0.2) is 16.8 Å². The Morgan fingerprint density at radius 1 is 1.55 bits per heavy atom. The lowest BCUT2D eigenvalue weighted by atomic mass is 9.96. The molecule has 1 saturated heterocycles. The number of hydrogen-bond acceptors (Lipinski definition) is 4. The van der Waals surface area contributed by atoms with E-state index in [1.807, 2.05) is 12.3 Å². The van der Waals surface area contributed by atoms with Gasteiger partial charge in [0.1, 0.15) is 0 Å². The summed E-state index contributed by atoms with van der Waals surface area (Å²) in [6.07, 6.45) is 0.665. The van der Waals surface area contributed by atoms with E-state index in [0.717, 1.165) is 6.42 Å². The molecule has 2 amide bonds. The molecular weight excluding hydrogens is 276 g/mol. The number of aliphatic hydroxyl groups is 1. The Morgan fingerprint density at radius 2 is 2.35 bits per heavy atom. The summed E-state index contributed by atoms with van der Waals surface area (Å²) < 4.78 is 0. The Kier molecular flexibility index (Phi) is 5.14. The van der Waals surface area contributed by atoms with Crippen LogP contribution in [-0.4, -0.2) is 47.6 Å². The Morgan fingerprint density at radius 3 is 3.00 bits per heavy atom. The summed E-state index contributed by atoms with van der Waals surface area (Å²) in [5.41, 5.74) is 0.629. The molecule has 1 aliphatic rings. The number of β-amino-alcohol motifs (C(OH)–C–C–N with tert-alkyl or cyclic N) is 1. The van der Waals surface area contributed by atoms with Crippen LogP contribution in [0.1, 0.15) is 30.1 Å². The van der Waals surface area contributed by atoms with Crippen molar-refractivity contribution in [2.24, 2.45) is 5.92 Å². The Labute approximate surface area is 122 Å². The molecule has 1 aromatic heterocycles. The third-order valence-corrected chi connectivity index (χ3v) is 4.36. The average Bonchev–Trinajstić information content (AvgIpc) is 2.95. The van der Waals surface area contributed by atoms with E-state index in [2.05, 4.69) is 5.32 Å². The smallest absolute Gasteiger partial charge is 0.252 e. The number of aliphatic hydroxyl groups excluding tert-OH is 1. The number of carbonyl (C=O) groups excluding carboxylic acids is 2. The molecule has 2 heterocycles. The zero-order valence-electron chi connectivity index (χ0n) is 11.5. The maximum Gasteiger partial charge on any atom is 0.252 e. The van der Waals surface area contributed by atoms with Crippen LogP contribution in [0.5, 0.6) is 0 Å². The molecule has 2 N–H and O–H groups in total. The molecule has 6 heteroatoms. The standard InChI is InChI=1S/C14H20N2O3S/c1-10-3-6-16(8-12(10)17)13(18)2-5-15-14(19)11-4-7-20-9-11/h4,7,9-10,12,17H,2-3,5-6,8H2,1H3,(H,15,19). The summed E-state index contributed by atoms with van der Waals surface area (Å²) in [5.74, 6) is 0.0882. The molecule has 0 radical (unpaired) electrons. The Bertz CT molecular complexity index is 461. The van der Waals surface area contributed by atoms with Crippen molar-refractivity contribution in [2.75, 3.05) is 19.6 Å². The van der Waals surface area contributed by atoms with Gasteiger partial charge in [0.25, 0.3) is 5.91 Å². The number of carbonyl (C=O) groups is 2. The fraction of sp³-hybridized carbons (Fsp3) is 0.571. The maximum atomic E-state index is 12.0. The normalized spacial score (nSPS) is 22.6. The van der Waals surface area contributed by atoms with E-state index < -0.39 is 6.10 Å². The molecule has 2 rings (SSSR count). The van der Waals surface area contributed by atoms with E-state index >= 15 is 0 Å². The molecule has 1 fully saturated rings. The minimum absolute atomic E-state index is 0.0124. The minimum atomic E-state index is -0.437. The zero-order valence-corrected chi connectivity index (χ0v) is 12.4. The van der Waals surface area contributed by atoms with E-state index in [-0.39, 0.29) is 24.2 Å². The lowest BCUT2D eigenvalue weighted by Gasteiger charge is -2.34. The second kappa shape index (κ2) is 6.85. The number of nitrogens with one attached hydrogen (secondary N) is 1. The molecule has 0 spiro atoms. The van der Waals surface area contributed by atoms with Gasteiger partial charge in [-0.15, -0.1) is 0 Å². The van der Waals surface area contributed by atoms with E-state index in [9.17, 15) is 14.7 Å². The molecule has 110 valence electrons. The van der Waals surface area contributed by atoms with Gasteiger partial charge in [0.2, 0.25) is 5.91 Å². The summed E-state index contributed by atoms with van der Waals surface area (Å²) in [6, 6.07) is 1.75. The first-order valence-electron chi connectivity index (χ1n) is 6.84. The predicted molar refractivity (Wildman–Crippen MR) is 77.6 cm³/mol. The number of nitrogens with zero attached hydrogens (tertiary/aromatic N) is 1. The van der Waals surface area contributed by atoms with Crippen molar-refractivity contribution in [1.29, 1.82) is 0 Å². The first-order chi connectivity index (χ1) is 9.58. The van der Waals surface area contributed by atoms with E-state index in [4.69, 9.17) is 0 Å². The van der Waals surface area contributed by atoms with E-state index in [1.54, 1.807) is 16.3 Å². The van der Waals surface area contributed by atoms with Gasteiger partial charge in [0.05, 0.1) is 6.10 Å². The van der Waals surface area contributed by atoms with Crippen LogP contribution in [-0.2, 0) is 4.79 Å². The summed E-state index contributed by atoms with van der Waals surface area (Å²) in [6.45, 7) is 3.41. The number of amides is 2. The molecule has 0 saturated carbocycles. The van der Waals surface area contributed by atoms with Gasteiger partial charge in [-0.05, 0) is 23.8 Å². The summed E-state index contributed by atoms with van der Waals surface area (Å²) in [7, 11) is 0. The molecule has 0 aromatic carbocycles. The van der Waals surface area contributed by atoms with Gasteiger partial charge in [-0.25, -0.2) is 0 Å². The fourth-order valence-corrected chi connectivity index (χ4v) is 2.85. The van der Waals surface area contributed by atoms with Crippen molar-refractivity contribution < 1.29 is 14.7 Å². The summed E-state index contributed by atoms with van der Waals surface area (Å²) in [4.78, 5) is 25.4. The van der Waals surface area contributed by atoms with Crippen molar-refractivity contribution in [2.45, 2.75) is 25.9 Å². The molecule has 20 heavy (non-hydrogen) atoms. The van der Waals surface area contributed by atoms with Gasteiger partial charge < -0.3 is 15.3 Å². The summed E-state index contributed by atoms with van der Waals surface area (Å²) >= 11 is 1.47. The summed E-state index contributed by atoms with van der Waals surface area (Å²) in [5, 5.41) is 16.1. The average molecular weight is 296 g/mol. The predicted octanol–water partition coefficient (Wildman–Crippen LogP) is 1.10. The van der Waals surface area contributed by atoms with Gasteiger partial charge in [-0.2, -0.15) is 11.3 Å². The molecular formula is C14H20N2O3S. The van der Waals surface area contributed by atoms with E-state index in [1.165, 1.54) is 11.3 Å². The highest BCUT2D eigenvalue weighted by molar-refractivity contribution is 7.08. The number of likely N-dealkylation sites (tertiary alicyclic amines) is 1. The number of rotatable bonds is 4. The van der Waals surface area contributed by atoms with Crippen molar-refractivity contribution in [3.05, 3.63) is 22.4 Å². The largest absolute Gasteiger partial charge is 0.391 e. The molecule has 0 bridgehead atoms.